The fourth-order valence-electron chi connectivity index (χ4n) is 4.68. The van der Waals surface area contributed by atoms with Gasteiger partial charge >= 0.3 is 0 Å². The van der Waals surface area contributed by atoms with Crippen LogP contribution < -0.4 is 4.74 Å². The van der Waals surface area contributed by atoms with Crippen LogP contribution in [0, 0.1) is 11.8 Å². The highest BCUT2D eigenvalue weighted by Crippen LogP contribution is 2.29. The topological polar surface area (TPSA) is 51.2 Å². The lowest BCUT2D eigenvalue weighted by Gasteiger charge is -2.32. The lowest BCUT2D eigenvalue weighted by Crippen LogP contribution is -2.40. The number of benzene rings is 1. The molecule has 0 radical (unpaired) electrons. The van der Waals surface area contributed by atoms with E-state index in [0.717, 1.165) is 44.0 Å². The van der Waals surface area contributed by atoms with Crippen molar-refractivity contribution < 1.29 is 19.0 Å². The molecule has 0 aliphatic carbocycles. The summed E-state index contributed by atoms with van der Waals surface area (Å²) >= 11 is 3.71. The molecule has 7 heteroatoms. The van der Waals surface area contributed by atoms with Gasteiger partial charge in [0.2, 0.25) is 5.91 Å². The Morgan fingerprint density at radius 1 is 1.06 bits per heavy atom. The molecule has 6 nitrogen and oxygen atoms in total. The summed E-state index contributed by atoms with van der Waals surface area (Å²) in [6.45, 7) is 6.69. The number of amides is 1. The van der Waals surface area contributed by atoms with Crippen LogP contribution in [0.3, 0.4) is 0 Å². The molecule has 1 aromatic rings. The van der Waals surface area contributed by atoms with Gasteiger partial charge in [0.25, 0.3) is 0 Å². The van der Waals surface area contributed by atoms with E-state index < -0.39 is 0 Å². The number of ether oxygens (including phenoxy) is 3. The minimum absolute atomic E-state index is 0.127. The average molecular weight is 497 g/mol. The number of nitrogens with zero attached hydrogens (tertiary/aromatic N) is 2. The number of hydrogen-bond donors (Lipinski definition) is 0. The first-order valence-corrected chi connectivity index (χ1v) is 12.3. The van der Waals surface area contributed by atoms with Gasteiger partial charge in [-0.05, 0) is 80.8 Å². The molecular weight excluding hydrogens is 460 g/mol. The molecule has 0 aromatic heterocycles. The second-order valence-corrected chi connectivity index (χ2v) is 9.65. The number of halogens is 1. The number of hydrogen-bond acceptors (Lipinski definition) is 5. The number of rotatable bonds is 11. The number of likely N-dealkylation sites (tertiary alicyclic amines) is 2. The van der Waals surface area contributed by atoms with Crippen molar-refractivity contribution in [1.29, 1.82) is 0 Å². The lowest BCUT2D eigenvalue weighted by atomic mass is 9.93. The smallest absolute Gasteiger partial charge is 0.248 e. The first kappa shape index (κ1) is 24.5. The third kappa shape index (κ3) is 7.74. The van der Waals surface area contributed by atoms with Crippen LogP contribution in [0.1, 0.15) is 31.2 Å². The van der Waals surface area contributed by atoms with Crippen LogP contribution in [0.25, 0.3) is 0 Å². The van der Waals surface area contributed by atoms with Gasteiger partial charge < -0.3 is 24.0 Å². The van der Waals surface area contributed by atoms with E-state index in [4.69, 9.17) is 14.2 Å². The van der Waals surface area contributed by atoms with Crippen molar-refractivity contribution >= 4 is 21.8 Å². The van der Waals surface area contributed by atoms with E-state index in [2.05, 4.69) is 33.0 Å². The van der Waals surface area contributed by atoms with Crippen LogP contribution >= 0.6 is 15.9 Å². The van der Waals surface area contributed by atoms with E-state index in [1.165, 1.54) is 42.5 Å². The molecule has 0 N–H and O–H groups in total. The van der Waals surface area contributed by atoms with E-state index in [0.29, 0.717) is 19.1 Å². The summed E-state index contributed by atoms with van der Waals surface area (Å²) in [7, 11) is 3.27. The van der Waals surface area contributed by atoms with Crippen LogP contribution in [0.15, 0.2) is 22.7 Å². The lowest BCUT2D eigenvalue weighted by molar-refractivity contribution is -0.136. The van der Waals surface area contributed by atoms with E-state index in [1.807, 2.05) is 11.0 Å². The molecule has 2 aliphatic heterocycles. The molecule has 2 fully saturated rings. The zero-order valence-corrected chi connectivity index (χ0v) is 20.6. The Morgan fingerprint density at radius 3 is 2.58 bits per heavy atom. The third-order valence-corrected chi connectivity index (χ3v) is 7.31. The summed E-state index contributed by atoms with van der Waals surface area (Å²) in [5.41, 5.74) is 1.33. The first-order valence-electron chi connectivity index (χ1n) is 11.5. The van der Waals surface area contributed by atoms with Gasteiger partial charge in [0.1, 0.15) is 19.0 Å². The van der Waals surface area contributed by atoms with Crippen LogP contribution in [0.5, 0.6) is 5.75 Å². The molecule has 0 saturated carbocycles. The number of carbonyl (C=O) groups excluding carboxylic acids is 1. The molecular formula is C24H37BrN2O4. The Labute approximate surface area is 195 Å². The molecule has 0 bridgehead atoms. The van der Waals surface area contributed by atoms with E-state index in [1.54, 1.807) is 14.2 Å². The summed E-state index contributed by atoms with van der Waals surface area (Å²) in [6, 6.07) is 6.27. The summed E-state index contributed by atoms with van der Waals surface area (Å²) < 4.78 is 17.0. The highest BCUT2D eigenvalue weighted by Gasteiger charge is 2.26. The van der Waals surface area contributed by atoms with Gasteiger partial charge in [0.05, 0.1) is 6.61 Å². The van der Waals surface area contributed by atoms with Gasteiger partial charge in [-0.3, -0.25) is 4.79 Å². The summed E-state index contributed by atoms with van der Waals surface area (Å²) in [5, 5.41) is 0. The SMILES string of the molecule is COCCOc1ccc(Br)c(CC2CCN(CCC3CCN(C(=O)COC)CC3)C2)c1. The molecule has 0 spiro atoms. The van der Waals surface area contributed by atoms with Gasteiger partial charge in [0, 0.05) is 38.3 Å². The van der Waals surface area contributed by atoms with Crippen LogP contribution in [-0.4, -0.2) is 82.5 Å². The van der Waals surface area contributed by atoms with Gasteiger partial charge in [-0.1, -0.05) is 15.9 Å². The standard InChI is InChI=1S/C24H37BrN2O4/c1-29-13-14-31-22-3-4-23(25)21(16-22)15-20-6-10-26(17-20)9-5-19-7-11-27(12-8-19)24(28)18-30-2/h3-4,16,19-20H,5-15,17-18H2,1-2H3. The van der Waals surface area contributed by atoms with Crippen molar-refractivity contribution in [3.05, 3.63) is 28.2 Å². The molecule has 31 heavy (non-hydrogen) atoms. The normalized spacial score (nSPS) is 20.4. The van der Waals surface area contributed by atoms with E-state index in [9.17, 15) is 4.79 Å². The second kappa shape index (κ2) is 12.8. The Bertz CT molecular complexity index is 694. The molecule has 1 aromatic carbocycles. The molecule has 2 aliphatic rings. The average Bonchev–Trinajstić information content (AvgIpc) is 3.22. The van der Waals surface area contributed by atoms with Crippen molar-refractivity contribution in [2.24, 2.45) is 11.8 Å². The molecule has 1 atom stereocenters. The minimum atomic E-state index is 0.127. The highest BCUT2D eigenvalue weighted by molar-refractivity contribution is 9.10. The van der Waals surface area contributed by atoms with Crippen molar-refractivity contribution in [3.63, 3.8) is 0 Å². The maximum absolute atomic E-state index is 11.9. The maximum Gasteiger partial charge on any atom is 0.248 e. The number of methoxy groups -OCH3 is 2. The van der Waals surface area contributed by atoms with Gasteiger partial charge in [-0.15, -0.1) is 0 Å². The predicted octanol–water partition coefficient (Wildman–Crippen LogP) is 3.61. The van der Waals surface area contributed by atoms with E-state index >= 15 is 0 Å². The Kier molecular flexibility index (Phi) is 10.1. The molecule has 1 unspecified atom stereocenters. The summed E-state index contributed by atoms with van der Waals surface area (Å²) in [5.74, 6) is 2.47. The molecule has 2 saturated heterocycles. The quantitative estimate of drug-likeness (QED) is 0.438. The molecule has 2 heterocycles. The van der Waals surface area contributed by atoms with Crippen molar-refractivity contribution in [1.82, 2.24) is 9.80 Å². The first-order chi connectivity index (χ1) is 15.1. The predicted molar refractivity (Wildman–Crippen MR) is 126 cm³/mol. The second-order valence-electron chi connectivity index (χ2n) is 8.80. The van der Waals surface area contributed by atoms with E-state index in [-0.39, 0.29) is 12.5 Å². The van der Waals surface area contributed by atoms with Gasteiger partial charge in [0.15, 0.2) is 0 Å². The van der Waals surface area contributed by atoms with Crippen molar-refractivity contribution in [3.8, 4) is 5.75 Å². The molecule has 3 rings (SSSR count). The monoisotopic (exact) mass is 496 g/mol. The molecule has 1 amide bonds. The third-order valence-electron chi connectivity index (χ3n) is 6.54. The zero-order valence-electron chi connectivity index (χ0n) is 19.0. The minimum Gasteiger partial charge on any atom is -0.491 e. The fourth-order valence-corrected chi connectivity index (χ4v) is 5.09. The van der Waals surface area contributed by atoms with Crippen LogP contribution in [0.4, 0.5) is 0 Å². The summed E-state index contributed by atoms with van der Waals surface area (Å²) in [6.07, 6.45) is 5.82. The Balaban J connectivity index is 1.38. The Hall–Kier alpha value is -1.15. The van der Waals surface area contributed by atoms with Crippen LogP contribution in [-0.2, 0) is 20.7 Å². The number of carbonyl (C=O) groups is 1. The Morgan fingerprint density at radius 2 is 1.84 bits per heavy atom. The van der Waals surface area contributed by atoms with Crippen molar-refractivity contribution in [2.45, 2.75) is 32.1 Å². The summed E-state index contributed by atoms with van der Waals surface area (Å²) in [4.78, 5) is 16.5. The highest BCUT2D eigenvalue weighted by atomic mass is 79.9. The van der Waals surface area contributed by atoms with Crippen molar-refractivity contribution in [2.75, 3.05) is 66.8 Å². The zero-order chi connectivity index (χ0) is 22.1. The van der Waals surface area contributed by atoms with Gasteiger partial charge in [-0.2, -0.15) is 0 Å². The van der Waals surface area contributed by atoms with Gasteiger partial charge in [-0.25, -0.2) is 0 Å². The molecule has 174 valence electrons. The largest absolute Gasteiger partial charge is 0.491 e. The number of piperidine rings is 1. The fraction of sp³-hybridized carbons (Fsp3) is 0.708. The maximum atomic E-state index is 11.9. The van der Waals surface area contributed by atoms with Crippen LogP contribution in [0.2, 0.25) is 0 Å².